The smallest absolute Gasteiger partial charge is 0.255 e. The van der Waals surface area contributed by atoms with Gasteiger partial charge in [0.1, 0.15) is 0 Å². The van der Waals surface area contributed by atoms with Gasteiger partial charge in [-0.3, -0.25) is 5.41 Å². The molecular formula is C12H13N3OS. The van der Waals surface area contributed by atoms with Crippen LogP contribution >= 0.6 is 11.3 Å². The average molecular weight is 247 g/mol. The average Bonchev–Trinajstić information content (AvgIpc) is 2.87. The summed E-state index contributed by atoms with van der Waals surface area (Å²) in [7, 11) is 0. The summed E-state index contributed by atoms with van der Waals surface area (Å²) in [5.74, 6) is 0.461. The first-order valence-electron chi connectivity index (χ1n) is 5.63. The van der Waals surface area contributed by atoms with Crippen molar-refractivity contribution in [3.05, 3.63) is 45.5 Å². The molecule has 88 valence electrons. The fourth-order valence-corrected chi connectivity index (χ4v) is 3.26. The monoisotopic (exact) mass is 247 g/mol. The van der Waals surface area contributed by atoms with E-state index in [4.69, 9.17) is 5.41 Å². The first-order valence-corrected chi connectivity index (χ1v) is 6.50. The minimum atomic E-state index is -0.0874. The maximum Gasteiger partial charge on any atom is 0.255 e. The van der Waals surface area contributed by atoms with Crippen LogP contribution in [0, 0.1) is 5.41 Å². The van der Waals surface area contributed by atoms with Gasteiger partial charge < -0.3 is 5.21 Å². The van der Waals surface area contributed by atoms with E-state index in [9.17, 15) is 5.21 Å². The van der Waals surface area contributed by atoms with Gasteiger partial charge in [0.25, 0.3) is 5.62 Å². The number of aromatic nitrogens is 2. The topological polar surface area (TPSA) is 61.9 Å². The summed E-state index contributed by atoms with van der Waals surface area (Å²) in [4.78, 5) is 5.22. The molecule has 1 aliphatic rings. The number of hydrogen-bond acceptors (Lipinski definition) is 4. The molecule has 3 rings (SSSR count). The second-order valence-electron chi connectivity index (χ2n) is 4.32. The summed E-state index contributed by atoms with van der Waals surface area (Å²) >= 11 is 1.76. The standard InChI is InChI=1S/C12H13N3OS/c13-12-14-7-9-4-3-8(6-10(9)15(12)16)11-2-1-5-17-11/h1-2,5,7-8,13,16H,3-4,6H2. The molecule has 5 heteroatoms. The normalized spacial score (nSPS) is 18.9. The lowest BCUT2D eigenvalue weighted by atomic mass is 9.86. The molecule has 2 heterocycles. The Labute approximate surface area is 103 Å². The Kier molecular flexibility index (Phi) is 2.48. The van der Waals surface area contributed by atoms with E-state index in [0.717, 1.165) is 35.3 Å². The number of thiophene rings is 1. The van der Waals surface area contributed by atoms with E-state index in [1.807, 2.05) is 0 Å². The molecule has 0 fully saturated rings. The van der Waals surface area contributed by atoms with Crippen molar-refractivity contribution in [2.75, 3.05) is 0 Å². The fraction of sp³-hybridized carbons (Fsp3) is 0.333. The molecule has 0 amide bonds. The zero-order chi connectivity index (χ0) is 11.8. The number of nitrogens with one attached hydrogen (secondary N) is 1. The van der Waals surface area contributed by atoms with Crippen LogP contribution in [0.25, 0.3) is 0 Å². The van der Waals surface area contributed by atoms with E-state index >= 15 is 0 Å². The molecule has 2 aromatic heterocycles. The molecule has 17 heavy (non-hydrogen) atoms. The Morgan fingerprint density at radius 3 is 3.18 bits per heavy atom. The van der Waals surface area contributed by atoms with Crippen molar-refractivity contribution in [2.24, 2.45) is 0 Å². The SMILES string of the molecule is N=c1ncc2c(n1O)CC(c1cccs1)CC2. The molecule has 0 radical (unpaired) electrons. The summed E-state index contributed by atoms with van der Waals surface area (Å²) in [5.41, 5.74) is 1.82. The lowest BCUT2D eigenvalue weighted by Crippen LogP contribution is -2.29. The Bertz CT molecular complexity index is 588. The van der Waals surface area contributed by atoms with Gasteiger partial charge in [0.15, 0.2) is 0 Å². The molecule has 4 nitrogen and oxygen atoms in total. The maximum atomic E-state index is 9.83. The Hall–Kier alpha value is -1.62. The van der Waals surface area contributed by atoms with Crippen molar-refractivity contribution in [3.8, 4) is 0 Å². The van der Waals surface area contributed by atoms with Crippen LogP contribution in [-0.4, -0.2) is 14.9 Å². The molecule has 0 bridgehead atoms. The van der Waals surface area contributed by atoms with Crippen molar-refractivity contribution in [2.45, 2.75) is 25.2 Å². The van der Waals surface area contributed by atoms with Gasteiger partial charge in [-0.05, 0) is 42.2 Å². The lowest BCUT2D eigenvalue weighted by Gasteiger charge is -2.24. The summed E-state index contributed by atoms with van der Waals surface area (Å²) < 4.78 is 0.926. The van der Waals surface area contributed by atoms with Gasteiger partial charge in [-0.15, -0.1) is 11.3 Å². The zero-order valence-corrected chi connectivity index (χ0v) is 10.1. The highest BCUT2D eigenvalue weighted by atomic mass is 32.1. The predicted octanol–water partition coefficient (Wildman–Crippen LogP) is 1.93. The molecule has 1 atom stereocenters. The summed E-state index contributed by atoms with van der Waals surface area (Å²) in [6.45, 7) is 0. The van der Waals surface area contributed by atoms with Crippen molar-refractivity contribution in [3.63, 3.8) is 0 Å². The van der Waals surface area contributed by atoms with E-state index < -0.39 is 0 Å². The molecule has 0 aliphatic heterocycles. The molecule has 0 saturated carbocycles. The maximum absolute atomic E-state index is 9.83. The molecule has 1 aliphatic carbocycles. The third-order valence-electron chi connectivity index (χ3n) is 3.32. The quantitative estimate of drug-likeness (QED) is 0.756. The van der Waals surface area contributed by atoms with Gasteiger partial charge in [-0.25, -0.2) is 4.98 Å². The van der Waals surface area contributed by atoms with Crippen LogP contribution in [0.3, 0.4) is 0 Å². The third-order valence-corrected chi connectivity index (χ3v) is 4.35. The van der Waals surface area contributed by atoms with Crippen molar-refractivity contribution in [1.29, 1.82) is 5.41 Å². The van der Waals surface area contributed by atoms with Gasteiger partial charge in [0, 0.05) is 11.1 Å². The molecular weight excluding hydrogens is 234 g/mol. The lowest BCUT2D eigenvalue weighted by molar-refractivity contribution is 0.151. The first-order chi connectivity index (χ1) is 8.25. The van der Waals surface area contributed by atoms with E-state index in [1.165, 1.54) is 4.88 Å². The van der Waals surface area contributed by atoms with Crippen molar-refractivity contribution in [1.82, 2.24) is 9.71 Å². The highest BCUT2D eigenvalue weighted by molar-refractivity contribution is 7.10. The van der Waals surface area contributed by atoms with Gasteiger partial charge in [0.05, 0.1) is 5.69 Å². The van der Waals surface area contributed by atoms with Crippen LogP contribution in [0.1, 0.15) is 28.5 Å². The van der Waals surface area contributed by atoms with Crippen LogP contribution in [0.15, 0.2) is 23.7 Å². The number of aryl methyl sites for hydroxylation is 1. The van der Waals surface area contributed by atoms with Crippen LogP contribution in [-0.2, 0) is 12.8 Å². The molecule has 0 aromatic carbocycles. The second-order valence-corrected chi connectivity index (χ2v) is 5.30. The van der Waals surface area contributed by atoms with E-state index in [-0.39, 0.29) is 5.62 Å². The largest absolute Gasteiger partial charge is 0.425 e. The highest BCUT2D eigenvalue weighted by Crippen LogP contribution is 2.33. The minimum absolute atomic E-state index is 0.0874. The van der Waals surface area contributed by atoms with Crippen LogP contribution in [0.2, 0.25) is 0 Å². The summed E-state index contributed by atoms with van der Waals surface area (Å²) in [6.07, 6.45) is 4.52. The van der Waals surface area contributed by atoms with E-state index in [1.54, 1.807) is 17.5 Å². The Balaban J connectivity index is 2.00. The van der Waals surface area contributed by atoms with E-state index in [2.05, 4.69) is 22.5 Å². The van der Waals surface area contributed by atoms with Crippen molar-refractivity contribution >= 4 is 11.3 Å². The van der Waals surface area contributed by atoms with Crippen LogP contribution in [0.4, 0.5) is 0 Å². The fourth-order valence-electron chi connectivity index (χ4n) is 2.39. The molecule has 2 N–H and O–H groups in total. The summed E-state index contributed by atoms with van der Waals surface area (Å²) in [5, 5.41) is 19.4. The second kappa shape index (κ2) is 4.00. The molecule has 0 spiro atoms. The van der Waals surface area contributed by atoms with Crippen LogP contribution in [0.5, 0.6) is 0 Å². The number of hydrogen-bond donors (Lipinski definition) is 2. The number of fused-ring (bicyclic) bond motifs is 1. The molecule has 1 unspecified atom stereocenters. The molecule has 0 saturated heterocycles. The van der Waals surface area contributed by atoms with Gasteiger partial charge >= 0.3 is 0 Å². The Morgan fingerprint density at radius 1 is 1.53 bits per heavy atom. The molecule has 2 aromatic rings. The van der Waals surface area contributed by atoms with E-state index in [0.29, 0.717) is 5.92 Å². The Morgan fingerprint density at radius 2 is 2.41 bits per heavy atom. The minimum Gasteiger partial charge on any atom is -0.425 e. The highest BCUT2D eigenvalue weighted by Gasteiger charge is 2.23. The first kappa shape index (κ1) is 10.5. The van der Waals surface area contributed by atoms with Gasteiger partial charge in [-0.1, -0.05) is 6.07 Å². The third kappa shape index (κ3) is 1.76. The van der Waals surface area contributed by atoms with Crippen molar-refractivity contribution < 1.29 is 5.21 Å². The van der Waals surface area contributed by atoms with Gasteiger partial charge in [0.2, 0.25) is 0 Å². The van der Waals surface area contributed by atoms with Gasteiger partial charge in [-0.2, -0.15) is 4.73 Å². The zero-order valence-electron chi connectivity index (χ0n) is 9.26. The predicted molar refractivity (Wildman–Crippen MR) is 64.4 cm³/mol. The number of nitrogens with zero attached hydrogens (tertiary/aromatic N) is 2. The summed E-state index contributed by atoms with van der Waals surface area (Å²) in [6, 6.07) is 4.20. The number of rotatable bonds is 1. The van der Waals surface area contributed by atoms with Crippen LogP contribution < -0.4 is 5.62 Å².